The highest BCUT2D eigenvalue weighted by atomic mass is 35.5. The normalized spacial score (nSPS) is 18.1. The molecule has 1 fully saturated rings. The van der Waals surface area contributed by atoms with Gasteiger partial charge in [-0.1, -0.05) is 89.1 Å². The number of anilines is 1. The van der Waals surface area contributed by atoms with Gasteiger partial charge in [-0.25, -0.2) is 18.2 Å². The number of nitrogens with zero attached hydrogens (tertiary/aromatic N) is 3. The Morgan fingerprint density at radius 1 is 0.942 bits per heavy atom. The van der Waals surface area contributed by atoms with E-state index in [9.17, 15) is 27.9 Å². The van der Waals surface area contributed by atoms with Gasteiger partial charge in [0.05, 0.1) is 33.4 Å². The average Bonchev–Trinajstić information content (AvgIpc) is 4.04. The topological polar surface area (TPSA) is 209 Å². The van der Waals surface area contributed by atoms with Crippen LogP contribution in [0.1, 0.15) is 58.0 Å². The van der Waals surface area contributed by atoms with Crippen LogP contribution in [0.25, 0.3) is 11.1 Å². The van der Waals surface area contributed by atoms with Crippen LogP contribution in [0.3, 0.4) is 0 Å². The first-order valence-electron chi connectivity index (χ1n) is 22.0. The van der Waals surface area contributed by atoms with E-state index in [1.807, 2.05) is 54.6 Å². The number of aromatic nitrogens is 1. The van der Waals surface area contributed by atoms with Crippen LogP contribution < -0.4 is 30.2 Å². The molecule has 3 aliphatic rings. The molecule has 4 unspecified atom stereocenters. The largest absolute Gasteiger partial charge is 0.489 e. The molecule has 4 N–H and O–H groups in total. The molecule has 0 aliphatic carbocycles. The molecular weight excluding hydrogens is 964 g/mol. The number of carboxylic acid groups (broad SMARTS) is 1. The second kappa shape index (κ2) is 20.2. The van der Waals surface area contributed by atoms with Crippen molar-refractivity contribution in [2.75, 3.05) is 18.5 Å². The highest BCUT2D eigenvalue weighted by Crippen LogP contribution is 2.43. The number of carbonyl (C=O) groups is 3. The highest BCUT2D eigenvalue weighted by molar-refractivity contribution is 7.91. The zero-order valence-corrected chi connectivity index (χ0v) is 40.1. The number of fused-ring (bicyclic) bond motifs is 2. The third-order valence-corrected chi connectivity index (χ3v) is 16.5. The van der Waals surface area contributed by atoms with E-state index in [1.54, 1.807) is 48.5 Å². The first kappa shape index (κ1) is 47.5. The van der Waals surface area contributed by atoms with E-state index in [0.717, 1.165) is 44.3 Å². The van der Waals surface area contributed by atoms with Gasteiger partial charge in [0.1, 0.15) is 31.0 Å². The molecule has 5 aromatic carbocycles. The van der Waals surface area contributed by atoms with Gasteiger partial charge in [-0.3, -0.25) is 9.59 Å². The van der Waals surface area contributed by atoms with Crippen LogP contribution in [-0.2, 0) is 50.4 Å². The smallest absolute Gasteiger partial charge is 0.326 e. The summed E-state index contributed by atoms with van der Waals surface area (Å²) in [6.45, 7) is 2.37. The molecule has 0 spiro atoms. The summed E-state index contributed by atoms with van der Waals surface area (Å²) >= 11 is 13.0. The molecule has 6 aromatic rings. The predicted octanol–water partition coefficient (Wildman–Crippen LogP) is 8.01. The number of thiazole rings is 1. The molecule has 2 amide bonds. The number of carboxylic acids is 1. The summed E-state index contributed by atoms with van der Waals surface area (Å²) in [6.07, 6.45) is 0.733. The van der Waals surface area contributed by atoms with Gasteiger partial charge in [0.25, 0.3) is 10.0 Å². The summed E-state index contributed by atoms with van der Waals surface area (Å²) in [5, 5.41) is 29.0. The highest BCUT2D eigenvalue weighted by Gasteiger charge is 2.43. The average molecular weight is 1010 g/mol. The van der Waals surface area contributed by atoms with E-state index >= 15 is 0 Å². The minimum atomic E-state index is -4.52. The summed E-state index contributed by atoms with van der Waals surface area (Å²) < 4.78 is 49.3. The van der Waals surface area contributed by atoms with E-state index in [0.29, 0.717) is 62.5 Å². The molecule has 0 radical (unpaired) electrons. The van der Waals surface area contributed by atoms with E-state index in [2.05, 4.69) is 27.0 Å². The van der Waals surface area contributed by atoms with Gasteiger partial charge in [0, 0.05) is 13.0 Å². The second-order valence-electron chi connectivity index (χ2n) is 16.9. The maximum Gasteiger partial charge on any atom is 0.326 e. The fraction of sp³-hybridized carbons (Fsp3) is 0.260. The Kier molecular flexibility index (Phi) is 13.9. The van der Waals surface area contributed by atoms with Gasteiger partial charge in [0.2, 0.25) is 11.8 Å². The van der Waals surface area contributed by atoms with Crippen LogP contribution >= 0.6 is 34.5 Å². The number of sulfonamides is 1. The molecule has 0 saturated carbocycles. The number of amides is 2. The van der Waals surface area contributed by atoms with E-state index < -0.39 is 46.1 Å². The zero-order valence-electron chi connectivity index (χ0n) is 36.9. The van der Waals surface area contributed by atoms with Crippen molar-refractivity contribution in [3.63, 3.8) is 0 Å². The zero-order chi connectivity index (χ0) is 48.4. The number of hydrogen-bond acceptors (Lipinski definition) is 12. The first-order chi connectivity index (χ1) is 33.2. The van der Waals surface area contributed by atoms with Gasteiger partial charge in [-0.15, -0.1) is 0 Å². The third kappa shape index (κ3) is 10.6. The molecule has 3 aliphatic heterocycles. The fourth-order valence-electron chi connectivity index (χ4n) is 8.50. The van der Waals surface area contributed by atoms with Crippen LogP contribution in [0.4, 0.5) is 5.13 Å². The first-order valence-corrected chi connectivity index (χ1v) is 25.0. The maximum absolute atomic E-state index is 14.9. The summed E-state index contributed by atoms with van der Waals surface area (Å²) in [5.74, 6) is -1.04. The lowest BCUT2D eigenvalue weighted by molar-refractivity contribution is -0.142. The number of rotatable bonds is 14. The maximum atomic E-state index is 14.9. The number of hydrogen-bond donors (Lipinski definition) is 4. The molecule has 0 bridgehead atoms. The van der Waals surface area contributed by atoms with E-state index in [-0.39, 0.29) is 53.5 Å². The number of nitriles is 1. The minimum Gasteiger partial charge on any atom is -0.489 e. The molecule has 4 heterocycles. The van der Waals surface area contributed by atoms with Gasteiger partial charge < -0.3 is 35.3 Å². The molecule has 19 heteroatoms. The molecular formula is C50H44Cl2N6O9S2. The van der Waals surface area contributed by atoms with Gasteiger partial charge in [-0.2, -0.15) is 9.57 Å². The summed E-state index contributed by atoms with van der Waals surface area (Å²) in [7, 11) is -4.52. The van der Waals surface area contributed by atoms with Crippen molar-refractivity contribution in [1.29, 1.82) is 5.26 Å². The molecule has 1 saturated heterocycles. The summed E-state index contributed by atoms with van der Waals surface area (Å²) in [4.78, 5) is 44.6. The van der Waals surface area contributed by atoms with Crippen LogP contribution in [-0.4, -0.2) is 71.9 Å². The Hall–Kier alpha value is -6.52. The molecule has 1 aromatic heterocycles. The predicted molar refractivity (Wildman–Crippen MR) is 259 cm³/mol. The number of aliphatic carboxylic acids is 1. The van der Waals surface area contributed by atoms with Crippen molar-refractivity contribution >= 4 is 67.5 Å². The van der Waals surface area contributed by atoms with Crippen LogP contribution in [0.5, 0.6) is 17.2 Å². The molecule has 4 atom stereocenters. The standard InChI is InChI=1S/C50H44Cl2N6O9S2/c1-28-49(68-50(55-28)57-46(59)40-3-2-18-54-40)69(63,64)58-25-36-23-44-43(66-27-45(67-44)34-13-15-37(16-14-34)65-26-31-8-17-38(51)39(52)19-31)22-35(36)21-42(58)47(60)56-41(48(61)62)20-29-4-9-32(10-5-29)33-11-6-30(24-53)7-12-33/h4-17,19,22-23,40-42,45,54H,2-3,18,20-21,25-27H2,1H3,(H,56,60)(H,61,62)(H,55,57,59). The lowest BCUT2D eigenvalue weighted by Gasteiger charge is -2.36. The quantitative estimate of drug-likeness (QED) is 0.0818. The van der Waals surface area contributed by atoms with E-state index in [4.69, 9.17) is 42.7 Å². The Bertz CT molecular complexity index is 3090. The number of aryl methyl sites for hydroxylation is 1. The summed E-state index contributed by atoms with van der Waals surface area (Å²) in [6, 6.07) is 29.2. The van der Waals surface area contributed by atoms with Crippen molar-refractivity contribution in [1.82, 2.24) is 19.9 Å². The van der Waals surface area contributed by atoms with Crippen LogP contribution in [0.15, 0.2) is 107 Å². The fourth-order valence-corrected chi connectivity index (χ4v) is 11.9. The van der Waals surface area contributed by atoms with Crippen molar-refractivity contribution in [3.05, 3.63) is 152 Å². The third-order valence-electron chi connectivity index (χ3n) is 12.2. The van der Waals surface area contributed by atoms with E-state index in [1.165, 1.54) is 6.92 Å². The van der Waals surface area contributed by atoms with Gasteiger partial charge >= 0.3 is 5.97 Å². The SMILES string of the molecule is Cc1nc(NC(=O)C2CCCN2)sc1S(=O)(=O)N1Cc2cc3c(cc2CC1C(=O)NC(Cc1ccc(-c2ccc(C#N)cc2)cc1)C(=O)O)OCC(c1ccc(OCc2ccc(Cl)c(Cl)c2)cc1)O3. The lowest BCUT2D eigenvalue weighted by Crippen LogP contribution is -2.55. The number of benzene rings is 5. The number of halogens is 2. The Balaban J connectivity index is 0.956. The number of ether oxygens (including phenoxy) is 3. The number of nitrogens with one attached hydrogen (secondary N) is 3. The van der Waals surface area contributed by atoms with Gasteiger partial charge in [-0.05, 0) is 120 Å². The Labute approximate surface area is 412 Å². The van der Waals surface area contributed by atoms with Crippen molar-refractivity contribution in [2.24, 2.45) is 0 Å². The monoisotopic (exact) mass is 1010 g/mol. The van der Waals surface area contributed by atoms with Gasteiger partial charge in [0.15, 0.2) is 26.9 Å². The summed E-state index contributed by atoms with van der Waals surface area (Å²) in [5.41, 5.74) is 5.82. The van der Waals surface area contributed by atoms with Crippen molar-refractivity contribution in [3.8, 4) is 34.4 Å². The molecule has 9 rings (SSSR count). The van der Waals surface area contributed by atoms with Crippen molar-refractivity contribution < 1.29 is 42.1 Å². The molecule has 69 heavy (non-hydrogen) atoms. The van der Waals surface area contributed by atoms with Crippen molar-refractivity contribution in [2.45, 2.75) is 74.2 Å². The molecule has 15 nitrogen and oxygen atoms in total. The Morgan fingerprint density at radius 2 is 1.65 bits per heavy atom. The lowest BCUT2D eigenvalue weighted by atomic mass is 9.94. The minimum absolute atomic E-state index is 0.0913. The molecule has 354 valence electrons. The Morgan fingerprint density at radius 3 is 2.33 bits per heavy atom. The van der Waals surface area contributed by atoms with Crippen LogP contribution in [0.2, 0.25) is 10.0 Å². The second-order valence-corrected chi connectivity index (χ2v) is 20.8. The number of carbonyl (C=O) groups excluding carboxylic acids is 2. The van der Waals surface area contributed by atoms with Crippen LogP contribution in [0, 0.1) is 18.3 Å².